The van der Waals surface area contributed by atoms with Crippen LogP contribution in [0.25, 0.3) is 0 Å². The fraction of sp³-hybridized carbons (Fsp3) is 1.00. The monoisotopic (exact) mass is 212 g/mol. The van der Waals surface area contributed by atoms with Crippen LogP contribution in [0.4, 0.5) is 0 Å². The Morgan fingerprint density at radius 2 is 1.56 bits per heavy atom. The number of hydrogen-bond donors (Lipinski definition) is 0. The zero-order valence-electron chi connectivity index (χ0n) is 5.56. The Balaban J connectivity index is 0. The molecule has 0 atom stereocenters. The van der Waals surface area contributed by atoms with E-state index in [2.05, 4.69) is 13.8 Å². The molecular formula is C5H11CuNS2. The van der Waals surface area contributed by atoms with Gasteiger partial charge < -0.3 is 30.2 Å². The zero-order chi connectivity index (χ0) is 6.57. The van der Waals surface area contributed by atoms with Gasteiger partial charge in [-0.15, -0.1) is 0 Å². The molecule has 0 bridgehead atoms. The topological polar surface area (TPSA) is 3.24 Å². The molecule has 9 heavy (non-hydrogen) atoms. The van der Waals surface area contributed by atoms with E-state index in [0.29, 0.717) is 0 Å². The summed E-state index contributed by atoms with van der Waals surface area (Å²) in [4.78, 5) is 2.05. The Morgan fingerprint density at radius 1 is 1.22 bits per heavy atom. The summed E-state index contributed by atoms with van der Waals surface area (Å²) in [5.74, 6) is 0. The molecule has 0 aliphatic carbocycles. The predicted molar refractivity (Wildman–Crippen MR) is 41.4 cm³/mol. The van der Waals surface area contributed by atoms with Gasteiger partial charge in [-0.25, -0.2) is 4.71 Å². The average Bonchev–Trinajstić information content (AvgIpc) is 1.69. The first kappa shape index (κ1) is 12.8. The van der Waals surface area contributed by atoms with E-state index in [1.54, 1.807) is 0 Å². The maximum atomic E-state index is 4.84. The molecule has 0 fully saturated rings. The van der Waals surface area contributed by atoms with Crippen LogP contribution in [0.3, 0.4) is 0 Å². The van der Waals surface area contributed by atoms with E-state index in [-0.39, 0.29) is 21.8 Å². The standard InChI is InChI=1S/C5H13NS2.Cu/c1-3-6(4-2)5(7)8;/h5,7-8H,3-4H2,1-2H3;/q;+2/p-2. The van der Waals surface area contributed by atoms with Crippen LogP contribution in [0.2, 0.25) is 0 Å². The Morgan fingerprint density at radius 3 is 1.56 bits per heavy atom. The molecule has 1 nitrogen and oxygen atoms in total. The van der Waals surface area contributed by atoms with Gasteiger partial charge in [-0.3, -0.25) is 0 Å². The van der Waals surface area contributed by atoms with Gasteiger partial charge in [0.05, 0.1) is 0 Å². The Bertz CT molecular complexity index is 56.9. The molecule has 0 amide bonds. The van der Waals surface area contributed by atoms with E-state index in [9.17, 15) is 0 Å². The quantitative estimate of drug-likeness (QED) is 0.501. The molecule has 0 rings (SSSR count). The van der Waals surface area contributed by atoms with Gasteiger partial charge in [-0.05, 0) is 13.1 Å². The molecule has 59 valence electrons. The van der Waals surface area contributed by atoms with Crippen LogP contribution >= 0.6 is 0 Å². The van der Waals surface area contributed by atoms with E-state index < -0.39 is 0 Å². The summed E-state index contributed by atoms with van der Waals surface area (Å²) in [5, 5.41) is 0. The molecule has 0 aromatic rings. The van der Waals surface area contributed by atoms with E-state index in [4.69, 9.17) is 25.3 Å². The van der Waals surface area contributed by atoms with E-state index >= 15 is 0 Å². The van der Waals surface area contributed by atoms with Crippen LogP contribution in [-0.4, -0.2) is 22.7 Å². The zero-order valence-corrected chi connectivity index (χ0v) is 8.13. The minimum absolute atomic E-state index is 0. The summed E-state index contributed by atoms with van der Waals surface area (Å²) in [7, 11) is 0. The first-order valence-corrected chi connectivity index (χ1v) is 3.72. The summed E-state index contributed by atoms with van der Waals surface area (Å²) in [6.07, 6.45) is 0. The van der Waals surface area contributed by atoms with Crippen molar-refractivity contribution in [3.8, 4) is 0 Å². The van der Waals surface area contributed by atoms with Gasteiger partial charge in [0.1, 0.15) is 0 Å². The maximum absolute atomic E-state index is 4.84. The van der Waals surface area contributed by atoms with Gasteiger partial charge in [0.25, 0.3) is 0 Å². The largest absolute Gasteiger partial charge is 2.00 e. The van der Waals surface area contributed by atoms with Crippen LogP contribution in [0, 0.1) is 0 Å². The van der Waals surface area contributed by atoms with Crippen LogP contribution in [-0.2, 0) is 42.3 Å². The molecule has 0 aromatic heterocycles. The number of hydrogen-bond acceptors (Lipinski definition) is 3. The van der Waals surface area contributed by atoms with Crippen molar-refractivity contribution in [1.82, 2.24) is 4.90 Å². The fourth-order valence-electron chi connectivity index (χ4n) is 0.522. The van der Waals surface area contributed by atoms with Crippen molar-refractivity contribution in [3.63, 3.8) is 0 Å². The van der Waals surface area contributed by atoms with Gasteiger partial charge in [0, 0.05) is 0 Å². The van der Waals surface area contributed by atoms with E-state index in [1.165, 1.54) is 0 Å². The minimum Gasteiger partial charge on any atom is -0.800 e. The van der Waals surface area contributed by atoms with Crippen molar-refractivity contribution >= 4 is 25.3 Å². The third-order valence-corrected chi connectivity index (χ3v) is 1.71. The molecule has 1 radical (unpaired) electrons. The normalized spacial score (nSPS) is 10.0. The van der Waals surface area contributed by atoms with Gasteiger partial charge in [0.2, 0.25) is 0 Å². The van der Waals surface area contributed by atoms with Crippen molar-refractivity contribution in [3.05, 3.63) is 0 Å². The van der Waals surface area contributed by atoms with Crippen LogP contribution < -0.4 is 0 Å². The SMILES string of the molecule is CCN(CC)C([S-])[S-].[Cu+2]. The second-order valence-electron chi connectivity index (χ2n) is 1.53. The molecule has 0 saturated carbocycles. The molecular weight excluding hydrogens is 202 g/mol. The van der Waals surface area contributed by atoms with Crippen molar-refractivity contribution in [1.29, 1.82) is 0 Å². The van der Waals surface area contributed by atoms with Crippen LogP contribution in [0.15, 0.2) is 0 Å². The third kappa shape index (κ3) is 5.62. The summed E-state index contributed by atoms with van der Waals surface area (Å²) in [6.45, 7) is 6.06. The number of rotatable bonds is 3. The predicted octanol–water partition coefficient (Wildman–Crippen LogP) is 0.703. The molecule has 0 heterocycles. The van der Waals surface area contributed by atoms with Gasteiger partial charge in [-0.2, -0.15) is 0 Å². The number of nitrogens with zero attached hydrogens (tertiary/aromatic N) is 1. The summed E-state index contributed by atoms with van der Waals surface area (Å²) >= 11 is 9.68. The Hall–Kier alpha value is 1.18. The molecule has 0 spiro atoms. The smallest absolute Gasteiger partial charge is 0.800 e. The molecule has 4 heteroatoms. The molecule has 0 aliphatic heterocycles. The Labute approximate surface area is 78.9 Å². The molecule has 0 unspecified atom stereocenters. The Kier molecular flexibility index (Phi) is 10.4. The van der Waals surface area contributed by atoms with Gasteiger partial charge in [-0.1, -0.05) is 13.8 Å². The first-order valence-electron chi connectivity index (χ1n) is 2.78. The minimum atomic E-state index is -0.120. The summed E-state index contributed by atoms with van der Waals surface area (Å²) in [6, 6.07) is 0. The maximum Gasteiger partial charge on any atom is 2.00 e. The first-order chi connectivity index (χ1) is 3.72. The van der Waals surface area contributed by atoms with Crippen molar-refractivity contribution in [2.75, 3.05) is 13.1 Å². The van der Waals surface area contributed by atoms with E-state index in [0.717, 1.165) is 13.1 Å². The van der Waals surface area contributed by atoms with Gasteiger partial charge in [0.15, 0.2) is 0 Å². The second kappa shape index (κ2) is 7.29. The van der Waals surface area contributed by atoms with Crippen molar-refractivity contribution in [2.24, 2.45) is 0 Å². The summed E-state index contributed by atoms with van der Waals surface area (Å²) < 4.78 is -0.120. The second-order valence-corrected chi connectivity index (χ2v) is 2.72. The molecule has 0 N–H and O–H groups in total. The molecule has 0 aliphatic rings. The van der Waals surface area contributed by atoms with Crippen LogP contribution in [0.1, 0.15) is 13.8 Å². The van der Waals surface area contributed by atoms with Gasteiger partial charge >= 0.3 is 17.1 Å². The molecule has 0 aromatic carbocycles. The van der Waals surface area contributed by atoms with Crippen molar-refractivity contribution < 1.29 is 17.1 Å². The van der Waals surface area contributed by atoms with E-state index in [1.807, 2.05) is 4.90 Å². The average molecular weight is 213 g/mol. The van der Waals surface area contributed by atoms with Crippen molar-refractivity contribution in [2.45, 2.75) is 18.6 Å². The van der Waals surface area contributed by atoms with Crippen LogP contribution in [0.5, 0.6) is 0 Å². The summed E-state index contributed by atoms with van der Waals surface area (Å²) in [5.41, 5.74) is 0. The fourth-order valence-corrected chi connectivity index (χ4v) is 1.12. The third-order valence-electron chi connectivity index (χ3n) is 1.11. The molecule has 0 saturated heterocycles.